The van der Waals surface area contributed by atoms with Gasteiger partial charge in [-0.15, -0.1) is 0 Å². The lowest BCUT2D eigenvalue weighted by Gasteiger charge is -2.13. The van der Waals surface area contributed by atoms with Crippen LogP contribution < -0.4 is 5.32 Å². The monoisotopic (exact) mass is 307 g/mol. The van der Waals surface area contributed by atoms with Gasteiger partial charge < -0.3 is 9.73 Å². The molecule has 0 spiro atoms. The Hall–Kier alpha value is -2.55. The summed E-state index contributed by atoms with van der Waals surface area (Å²) in [5.74, 6) is 1.02. The topological polar surface area (TPSA) is 42.2 Å². The van der Waals surface area contributed by atoms with E-state index in [-0.39, 0.29) is 11.9 Å². The van der Waals surface area contributed by atoms with E-state index in [1.165, 1.54) is 10.8 Å². The smallest absolute Gasteiger partial charge is 0.224 e. The van der Waals surface area contributed by atoms with Gasteiger partial charge in [-0.1, -0.05) is 42.5 Å². The molecule has 1 unspecified atom stereocenters. The predicted molar refractivity (Wildman–Crippen MR) is 92.3 cm³/mol. The molecular formula is C20H21NO2. The van der Waals surface area contributed by atoms with Gasteiger partial charge in [-0.25, -0.2) is 0 Å². The molecule has 0 aliphatic heterocycles. The fourth-order valence-electron chi connectivity index (χ4n) is 2.75. The van der Waals surface area contributed by atoms with E-state index in [2.05, 4.69) is 29.6 Å². The minimum Gasteiger partial charge on any atom is -0.469 e. The number of carbonyl (C=O) groups is 1. The highest BCUT2D eigenvalue weighted by Crippen LogP contribution is 2.16. The predicted octanol–water partition coefficient (Wildman–Crippen LogP) is 4.11. The lowest BCUT2D eigenvalue weighted by Crippen LogP contribution is -2.34. The summed E-state index contributed by atoms with van der Waals surface area (Å²) in [5.41, 5.74) is 1.04. The highest BCUT2D eigenvalue weighted by molar-refractivity contribution is 5.85. The van der Waals surface area contributed by atoms with Crippen molar-refractivity contribution in [3.05, 3.63) is 72.2 Å². The molecule has 0 saturated heterocycles. The molecule has 0 bridgehead atoms. The maximum atomic E-state index is 12.2. The van der Waals surface area contributed by atoms with E-state index in [0.717, 1.165) is 24.2 Å². The van der Waals surface area contributed by atoms with Gasteiger partial charge >= 0.3 is 0 Å². The maximum absolute atomic E-state index is 12.2. The standard InChI is InChI=1S/C20H21NO2/c1-15(8-11-19-7-4-12-23-19)21-20(22)14-16-9-10-17-5-2-3-6-18(17)13-16/h2-7,9-10,12-13,15H,8,11,14H2,1H3,(H,21,22). The number of hydrogen-bond acceptors (Lipinski definition) is 2. The molecule has 0 radical (unpaired) electrons. The molecule has 0 fully saturated rings. The van der Waals surface area contributed by atoms with E-state index in [9.17, 15) is 4.79 Å². The van der Waals surface area contributed by atoms with E-state index in [4.69, 9.17) is 4.42 Å². The Morgan fingerprint density at radius 2 is 1.91 bits per heavy atom. The second-order valence-electron chi connectivity index (χ2n) is 5.94. The Labute approximate surface area is 136 Å². The first-order valence-corrected chi connectivity index (χ1v) is 8.00. The van der Waals surface area contributed by atoms with Crippen LogP contribution >= 0.6 is 0 Å². The van der Waals surface area contributed by atoms with Crippen LogP contribution in [0.2, 0.25) is 0 Å². The minimum absolute atomic E-state index is 0.0622. The highest BCUT2D eigenvalue weighted by atomic mass is 16.3. The number of benzene rings is 2. The molecule has 0 saturated carbocycles. The summed E-state index contributed by atoms with van der Waals surface area (Å²) < 4.78 is 5.31. The summed E-state index contributed by atoms with van der Waals surface area (Å²) >= 11 is 0. The van der Waals surface area contributed by atoms with Crippen molar-refractivity contribution in [3.8, 4) is 0 Å². The maximum Gasteiger partial charge on any atom is 0.224 e. The average Bonchev–Trinajstić information content (AvgIpc) is 3.06. The van der Waals surface area contributed by atoms with Gasteiger partial charge in [0.15, 0.2) is 0 Å². The quantitative estimate of drug-likeness (QED) is 0.744. The van der Waals surface area contributed by atoms with Crippen molar-refractivity contribution in [1.29, 1.82) is 0 Å². The van der Waals surface area contributed by atoms with Crippen LogP contribution in [0.1, 0.15) is 24.7 Å². The first-order chi connectivity index (χ1) is 11.2. The van der Waals surface area contributed by atoms with Gasteiger partial charge in [0.25, 0.3) is 0 Å². The Morgan fingerprint density at radius 3 is 2.70 bits per heavy atom. The van der Waals surface area contributed by atoms with Gasteiger partial charge in [0, 0.05) is 12.5 Å². The highest BCUT2D eigenvalue weighted by Gasteiger charge is 2.09. The van der Waals surface area contributed by atoms with Crippen LogP contribution in [0.3, 0.4) is 0 Å². The molecule has 1 amide bonds. The van der Waals surface area contributed by atoms with Crippen molar-refractivity contribution >= 4 is 16.7 Å². The van der Waals surface area contributed by atoms with Crippen molar-refractivity contribution in [2.45, 2.75) is 32.2 Å². The molecule has 3 rings (SSSR count). The number of furan rings is 1. The van der Waals surface area contributed by atoms with E-state index in [1.54, 1.807) is 6.26 Å². The molecule has 3 nitrogen and oxygen atoms in total. The number of amides is 1. The summed E-state index contributed by atoms with van der Waals surface area (Å²) in [6.07, 6.45) is 3.80. The number of hydrogen-bond donors (Lipinski definition) is 1. The Balaban J connectivity index is 1.53. The average molecular weight is 307 g/mol. The molecule has 1 aromatic heterocycles. The number of rotatable bonds is 6. The normalized spacial score (nSPS) is 12.2. The van der Waals surface area contributed by atoms with Crippen LogP contribution in [0.5, 0.6) is 0 Å². The molecule has 0 aliphatic rings. The SMILES string of the molecule is CC(CCc1ccco1)NC(=O)Cc1ccc2ccccc2c1. The third-order valence-electron chi connectivity index (χ3n) is 3.99. The summed E-state index contributed by atoms with van der Waals surface area (Å²) in [7, 11) is 0. The molecule has 3 aromatic rings. The summed E-state index contributed by atoms with van der Waals surface area (Å²) in [6, 6.07) is 18.3. The third-order valence-corrected chi connectivity index (χ3v) is 3.99. The summed E-state index contributed by atoms with van der Waals surface area (Å²) in [5, 5.41) is 5.43. The molecule has 1 N–H and O–H groups in total. The van der Waals surface area contributed by atoms with E-state index in [0.29, 0.717) is 6.42 Å². The van der Waals surface area contributed by atoms with Crippen molar-refractivity contribution < 1.29 is 9.21 Å². The summed E-state index contributed by atoms with van der Waals surface area (Å²) in [6.45, 7) is 2.03. The zero-order valence-corrected chi connectivity index (χ0v) is 13.3. The van der Waals surface area contributed by atoms with Gasteiger partial charge in [0.1, 0.15) is 5.76 Å². The zero-order valence-electron chi connectivity index (χ0n) is 13.3. The molecule has 23 heavy (non-hydrogen) atoms. The van der Waals surface area contributed by atoms with Crippen LogP contribution in [0, 0.1) is 0 Å². The van der Waals surface area contributed by atoms with Crippen LogP contribution in [-0.2, 0) is 17.6 Å². The summed E-state index contributed by atoms with van der Waals surface area (Å²) in [4.78, 5) is 12.2. The lowest BCUT2D eigenvalue weighted by atomic mass is 10.0. The van der Waals surface area contributed by atoms with Gasteiger partial charge in [-0.05, 0) is 41.8 Å². The minimum atomic E-state index is 0.0622. The fraction of sp³-hybridized carbons (Fsp3) is 0.250. The van der Waals surface area contributed by atoms with Crippen molar-refractivity contribution in [2.24, 2.45) is 0 Å². The third kappa shape index (κ3) is 4.22. The molecule has 1 heterocycles. The van der Waals surface area contributed by atoms with Crippen LogP contribution in [0.4, 0.5) is 0 Å². The van der Waals surface area contributed by atoms with Crippen LogP contribution in [0.25, 0.3) is 10.8 Å². The van der Waals surface area contributed by atoms with E-state index >= 15 is 0 Å². The number of nitrogens with one attached hydrogen (secondary N) is 1. The first kappa shape index (κ1) is 15.3. The second kappa shape index (κ2) is 7.14. The lowest BCUT2D eigenvalue weighted by molar-refractivity contribution is -0.121. The Morgan fingerprint density at radius 1 is 1.09 bits per heavy atom. The number of aryl methyl sites for hydroxylation is 1. The molecule has 1 atom stereocenters. The Kier molecular flexibility index (Phi) is 4.77. The zero-order chi connectivity index (χ0) is 16.1. The van der Waals surface area contributed by atoms with Gasteiger partial charge in [0.2, 0.25) is 5.91 Å². The van der Waals surface area contributed by atoms with E-state index in [1.807, 2.05) is 37.3 Å². The number of carbonyl (C=O) groups excluding carboxylic acids is 1. The molecule has 0 aliphatic carbocycles. The Bertz CT molecular complexity index is 777. The first-order valence-electron chi connectivity index (χ1n) is 8.00. The molecule has 3 heteroatoms. The van der Waals surface area contributed by atoms with Gasteiger partial charge in [0.05, 0.1) is 12.7 Å². The fourth-order valence-corrected chi connectivity index (χ4v) is 2.75. The van der Waals surface area contributed by atoms with Gasteiger partial charge in [-0.3, -0.25) is 4.79 Å². The van der Waals surface area contributed by atoms with Crippen LogP contribution in [-0.4, -0.2) is 11.9 Å². The van der Waals surface area contributed by atoms with Crippen molar-refractivity contribution in [1.82, 2.24) is 5.32 Å². The molecule has 118 valence electrons. The second-order valence-corrected chi connectivity index (χ2v) is 5.94. The largest absolute Gasteiger partial charge is 0.469 e. The number of fused-ring (bicyclic) bond motifs is 1. The van der Waals surface area contributed by atoms with Crippen molar-refractivity contribution in [2.75, 3.05) is 0 Å². The molecular weight excluding hydrogens is 286 g/mol. The van der Waals surface area contributed by atoms with Gasteiger partial charge in [-0.2, -0.15) is 0 Å². The van der Waals surface area contributed by atoms with E-state index < -0.39 is 0 Å². The van der Waals surface area contributed by atoms with Crippen molar-refractivity contribution in [3.63, 3.8) is 0 Å². The van der Waals surface area contributed by atoms with Crippen LogP contribution in [0.15, 0.2) is 65.3 Å². The molecule has 2 aromatic carbocycles.